The molecule has 0 radical (unpaired) electrons. The van der Waals surface area contributed by atoms with E-state index in [1.165, 1.54) is 35.2 Å². The van der Waals surface area contributed by atoms with Gasteiger partial charge in [-0.2, -0.15) is 0 Å². The van der Waals surface area contributed by atoms with Gasteiger partial charge < -0.3 is 19.7 Å². The van der Waals surface area contributed by atoms with Gasteiger partial charge >= 0.3 is 0 Å². The molecular formula is C30H34FN3O6S. The molecule has 2 amide bonds. The number of fused-ring (bicyclic) bond motifs is 1. The first-order chi connectivity index (χ1) is 19.6. The molecule has 0 saturated heterocycles. The fourth-order valence-electron chi connectivity index (χ4n) is 4.43. The summed E-state index contributed by atoms with van der Waals surface area (Å²) in [6.07, 6.45) is 0.719. The Morgan fingerprint density at radius 2 is 1.71 bits per heavy atom. The van der Waals surface area contributed by atoms with Crippen molar-refractivity contribution in [2.45, 2.75) is 44.7 Å². The van der Waals surface area contributed by atoms with E-state index < -0.39 is 34.3 Å². The van der Waals surface area contributed by atoms with Gasteiger partial charge in [-0.15, -0.1) is 0 Å². The summed E-state index contributed by atoms with van der Waals surface area (Å²) in [5.74, 6) is -0.827. The van der Waals surface area contributed by atoms with Gasteiger partial charge in [-0.05, 0) is 62.2 Å². The highest BCUT2D eigenvalue weighted by Gasteiger charge is 2.33. The Bertz CT molecular complexity index is 1500. The maximum atomic E-state index is 14.0. The molecular weight excluding hydrogens is 549 g/mol. The van der Waals surface area contributed by atoms with E-state index in [-0.39, 0.29) is 35.4 Å². The summed E-state index contributed by atoms with van der Waals surface area (Å²) in [6, 6.07) is 15.7. The summed E-state index contributed by atoms with van der Waals surface area (Å²) >= 11 is 0. The van der Waals surface area contributed by atoms with Gasteiger partial charge in [-0.1, -0.05) is 36.8 Å². The van der Waals surface area contributed by atoms with Crippen LogP contribution in [0.2, 0.25) is 0 Å². The van der Waals surface area contributed by atoms with Gasteiger partial charge in [0.15, 0.2) is 11.5 Å². The molecule has 0 bridgehead atoms. The van der Waals surface area contributed by atoms with Crippen LogP contribution in [0.3, 0.4) is 0 Å². The van der Waals surface area contributed by atoms with E-state index >= 15 is 0 Å². The number of nitrogens with zero attached hydrogens (tertiary/aromatic N) is 2. The number of nitrogens with one attached hydrogen (secondary N) is 1. The van der Waals surface area contributed by atoms with E-state index in [2.05, 4.69) is 5.32 Å². The second-order valence-corrected chi connectivity index (χ2v) is 11.6. The molecule has 1 aliphatic rings. The number of amides is 2. The van der Waals surface area contributed by atoms with Crippen LogP contribution in [0.15, 0.2) is 71.6 Å². The maximum absolute atomic E-state index is 14.0. The zero-order valence-corrected chi connectivity index (χ0v) is 24.1. The summed E-state index contributed by atoms with van der Waals surface area (Å²) in [5, 5.41) is 2.81. The molecule has 0 spiro atoms. The lowest BCUT2D eigenvalue weighted by Crippen LogP contribution is -2.51. The van der Waals surface area contributed by atoms with Crippen LogP contribution in [-0.2, 0) is 26.2 Å². The highest BCUT2D eigenvalue weighted by atomic mass is 32.2. The Morgan fingerprint density at radius 3 is 2.39 bits per heavy atom. The first kappa shape index (κ1) is 29.9. The minimum absolute atomic E-state index is 0.0859. The number of sulfonamides is 1. The van der Waals surface area contributed by atoms with Crippen molar-refractivity contribution in [3.63, 3.8) is 0 Å². The fourth-order valence-corrected chi connectivity index (χ4v) is 5.86. The Morgan fingerprint density at radius 1 is 1.00 bits per heavy atom. The number of benzene rings is 3. The molecule has 0 saturated carbocycles. The number of carbonyl (C=O) groups is 2. The standard InChI is InChI=1S/C30H34FN3O6S/c1-4-14-32-30(36)22(3)33(19-23-7-5-6-21(2)17-23)29(35)20-34(25-10-8-24(31)9-11-25)41(37,38)26-12-13-27-28(18-26)40-16-15-39-27/h5-13,17-18,22H,4,14-16,19-20H2,1-3H3,(H,32,36)/t22-/m1/s1. The molecule has 4 rings (SSSR count). The molecule has 3 aromatic rings. The molecule has 0 aliphatic carbocycles. The highest BCUT2D eigenvalue weighted by molar-refractivity contribution is 7.92. The minimum Gasteiger partial charge on any atom is -0.486 e. The van der Waals surface area contributed by atoms with Crippen LogP contribution < -0.4 is 19.1 Å². The predicted molar refractivity (Wildman–Crippen MR) is 153 cm³/mol. The molecule has 218 valence electrons. The maximum Gasteiger partial charge on any atom is 0.264 e. The lowest BCUT2D eigenvalue weighted by atomic mass is 10.1. The first-order valence-corrected chi connectivity index (χ1v) is 14.8. The molecule has 1 aliphatic heterocycles. The van der Waals surface area contributed by atoms with Crippen molar-refractivity contribution in [3.8, 4) is 11.5 Å². The first-order valence-electron chi connectivity index (χ1n) is 13.4. The average Bonchev–Trinajstić information content (AvgIpc) is 2.97. The lowest BCUT2D eigenvalue weighted by molar-refractivity contribution is -0.139. The average molecular weight is 584 g/mol. The summed E-state index contributed by atoms with van der Waals surface area (Å²) in [4.78, 5) is 28.1. The molecule has 9 nitrogen and oxygen atoms in total. The van der Waals surface area contributed by atoms with Gasteiger partial charge in [0.25, 0.3) is 10.0 Å². The van der Waals surface area contributed by atoms with Crippen LogP contribution in [0.1, 0.15) is 31.4 Å². The summed E-state index contributed by atoms with van der Waals surface area (Å²) in [6.45, 7) is 5.96. The van der Waals surface area contributed by atoms with Crippen LogP contribution in [0.5, 0.6) is 11.5 Å². The third kappa shape index (κ3) is 7.15. The van der Waals surface area contributed by atoms with E-state index in [1.807, 2.05) is 38.1 Å². The number of ether oxygens (including phenoxy) is 2. The van der Waals surface area contributed by atoms with E-state index in [9.17, 15) is 22.4 Å². The third-order valence-corrected chi connectivity index (χ3v) is 8.42. The second kappa shape index (κ2) is 13.0. The van der Waals surface area contributed by atoms with Crippen LogP contribution >= 0.6 is 0 Å². The number of halogens is 1. The zero-order chi connectivity index (χ0) is 29.6. The van der Waals surface area contributed by atoms with Crippen molar-refractivity contribution in [2.75, 3.05) is 30.6 Å². The number of hydrogen-bond donors (Lipinski definition) is 1. The van der Waals surface area contributed by atoms with Gasteiger partial charge in [-0.25, -0.2) is 12.8 Å². The SMILES string of the molecule is CCCNC(=O)[C@@H](C)N(Cc1cccc(C)c1)C(=O)CN(c1ccc(F)cc1)S(=O)(=O)c1ccc2c(c1)OCCO2. The van der Waals surface area contributed by atoms with Gasteiger partial charge in [0.1, 0.15) is 31.6 Å². The Balaban J connectivity index is 1.71. The van der Waals surface area contributed by atoms with Crippen LogP contribution in [-0.4, -0.2) is 57.5 Å². The molecule has 11 heteroatoms. The molecule has 1 heterocycles. The second-order valence-electron chi connectivity index (χ2n) is 9.77. The number of aryl methyl sites for hydroxylation is 1. The van der Waals surface area contributed by atoms with E-state index in [0.717, 1.165) is 34.0 Å². The van der Waals surface area contributed by atoms with E-state index in [0.29, 0.717) is 18.9 Å². The molecule has 0 fully saturated rings. The van der Waals surface area contributed by atoms with Gasteiger partial charge in [-0.3, -0.25) is 13.9 Å². The fraction of sp³-hybridized carbons (Fsp3) is 0.333. The number of hydrogen-bond acceptors (Lipinski definition) is 6. The molecule has 1 atom stereocenters. The van der Waals surface area contributed by atoms with Crippen molar-refractivity contribution < 1.29 is 31.9 Å². The van der Waals surface area contributed by atoms with Crippen molar-refractivity contribution in [3.05, 3.63) is 83.7 Å². The lowest BCUT2D eigenvalue weighted by Gasteiger charge is -2.32. The Hall–Kier alpha value is -4.12. The van der Waals surface area contributed by atoms with Crippen LogP contribution in [0.4, 0.5) is 10.1 Å². The van der Waals surface area contributed by atoms with Crippen molar-refractivity contribution in [1.82, 2.24) is 10.2 Å². The molecule has 41 heavy (non-hydrogen) atoms. The monoisotopic (exact) mass is 583 g/mol. The summed E-state index contributed by atoms with van der Waals surface area (Å²) < 4.78 is 53.8. The van der Waals surface area contributed by atoms with E-state index in [1.54, 1.807) is 6.92 Å². The van der Waals surface area contributed by atoms with Crippen molar-refractivity contribution in [2.24, 2.45) is 0 Å². The number of rotatable bonds is 11. The third-order valence-electron chi connectivity index (χ3n) is 6.65. The van der Waals surface area contributed by atoms with Gasteiger partial charge in [0.2, 0.25) is 11.8 Å². The normalized spacial score (nSPS) is 13.3. The number of anilines is 1. The van der Waals surface area contributed by atoms with Crippen molar-refractivity contribution >= 4 is 27.5 Å². The highest BCUT2D eigenvalue weighted by Crippen LogP contribution is 2.34. The number of carbonyl (C=O) groups excluding carboxylic acids is 2. The Labute approximate surface area is 239 Å². The van der Waals surface area contributed by atoms with Crippen LogP contribution in [0.25, 0.3) is 0 Å². The van der Waals surface area contributed by atoms with Crippen molar-refractivity contribution in [1.29, 1.82) is 0 Å². The topological polar surface area (TPSA) is 105 Å². The summed E-state index contributed by atoms with van der Waals surface area (Å²) in [7, 11) is -4.34. The zero-order valence-electron chi connectivity index (χ0n) is 23.3. The molecule has 0 unspecified atom stereocenters. The molecule has 3 aromatic carbocycles. The predicted octanol–water partition coefficient (Wildman–Crippen LogP) is 4.04. The van der Waals surface area contributed by atoms with Gasteiger partial charge in [0, 0.05) is 19.2 Å². The Kier molecular flexibility index (Phi) is 9.49. The van der Waals surface area contributed by atoms with Crippen LogP contribution in [0, 0.1) is 12.7 Å². The largest absolute Gasteiger partial charge is 0.486 e. The minimum atomic E-state index is -4.34. The molecule has 1 N–H and O–H groups in total. The molecule has 0 aromatic heterocycles. The van der Waals surface area contributed by atoms with Gasteiger partial charge in [0.05, 0.1) is 10.6 Å². The summed E-state index contributed by atoms with van der Waals surface area (Å²) in [5.41, 5.74) is 1.86. The quantitative estimate of drug-likeness (QED) is 0.365. The van der Waals surface area contributed by atoms with E-state index in [4.69, 9.17) is 9.47 Å². The smallest absolute Gasteiger partial charge is 0.264 e.